The molecule has 0 saturated carbocycles. The minimum Gasteiger partial charge on any atom is -0.505 e. The van der Waals surface area contributed by atoms with Crippen LogP contribution >= 0.6 is 0 Å². The van der Waals surface area contributed by atoms with Gasteiger partial charge in [0.2, 0.25) is 0 Å². The second-order valence-electron chi connectivity index (χ2n) is 5.40. The highest BCUT2D eigenvalue weighted by Gasteiger charge is 2.17. The molecule has 2 nitrogen and oxygen atoms in total. The van der Waals surface area contributed by atoms with E-state index in [1.165, 1.54) is 12.1 Å². The number of halogens is 1. The SMILES string of the molecule is CC(C)c1c(O)c(-c2ccc(F)cc2)nc2ccccc12. The van der Waals surface area contributed by atoms with Crippen molar-refractivity contribution in [3.8, 4) is 17.0 Å². The van der Waals surface area contributed by atoms with E-state index in [0.717, 1.165) is 16.5 Å². The topological polar surface area (TPSA) is 33.1 Å². The zero-order valence-corrected chi connectivity index (χ0v) is 12.0. The summed E-state index contributed by atoms with van der Waals surface area (Å²) >= 11 is 0. The van der Waals surface area contributed by atoms with Crippen LogP contribution in [0.5, 0.6) is 5.75 Å². The van der Waals surface area contributed by atoms with Crippen molar-refractivity contribution >= 4 is 10.9 Å². The first kappa shape index (κ1) is 13.6. The third kappa shape index (κ3) is 2.35. The maximum absolute atomic E-state index is 13.1. The zero-order chi connectivity index (χ0) is 15.0. The van der Waals surface area contributed by atoms with Crippen molar-refractivity contribution in [2.24, 2.45) is 0 Å². The Balaban J connectivity index is 2.33. The number of aromatic hydroxyl groups is 1. The molecule has 0 aliphatic heterocycles. The molecule has 21 heavy (non-hydrogen) atoms. The fraction of sp³-hybridized carbons (Fsp3) is 0.167. The summed E-state index contributed by atoms with van der Waals surface area (Å²) < 4.78 is 13.1. The van der Waals surface area contributed by atoms with E-state index in [0.29, 0.717) is 11.3 Å². The van der Waals surface area contributed by atoms with E-state index in [9.17, 15) is 9.50 Å². The van der Waals surface area contributed by atoms with Crippen LogP contribution in [0.4, 0.5) is 4.39 Å². The molecule has 0 fully saturated rings. The largest absolute Gasteiger partial charge is 0.505 e. The average molecular weight is 281 g/mol. The first-order valence-electron chi connectivity index (χ1n) is 6.95. The number of pyridine rings is 1. The minimum atomic E-state index is -0.303. The van der Waals surface area contributed by atoms with E-state index in [1.807, 2.05) is 38.1 Å². The van der Waals surface area contributed by atoms with Gasteiger partial charge in [0.05, 0.1) is 5.52 Å². The summed E-state index contributed by atoms with van der Waals surface area (Å²) in [5.74, 6) is 0.0375. The third-order valence-electron chi connectivity index (χ3n) is 3.60. The molecule has 1 heterocycles. The Morgan fingerprint density at radius 2 is 1.67 bits per heavy atom. The predicted molar refractivity (Wildman–Crippen MR) is 82.9 cm³/mol. The molecule has 3 heteroatoms. The van der Waals surface area contributed by atoms with E-state index in [-0.39, 0.29) is 17.5 Å². The zero-order valence-electron chi connectivity index (χ0n) is 12.0. The molecule has 3 aromatic rings. The number of rotatable bonds is 2. The van der Waals surface area contributed by atoms with Gasteiger partial charge >= 0.3 is 0 Å². The van der Waals surface area contributed by atoms with Gasteiger partial charge in [-0.1, -0.05) is 32.0 Å². The normalized spacial score (nSPS) is 11.2. The lowest BCUT2D eigenvalue weighted by atomic mass is 9.95. The number of hydrogen-bond donors (Lipinski definition) is 1. The number of para-hydroxylation sites is 1. The Morgan fingerprint density at radius 1 is 1.00 bits per heavy atom. The van der Waals surface area contributed by atoms with E-state index in [2.05, 4.69) is 4.98 Å². The molecule has 0 aliphatic rings. The van der Waals surface area contributed by atoms with Gasteiger partial charge in [-0.05, 0) is 36.2 Å². The summed E-state index contributed by atoms with van der Waals surface area (Å²) in [5.41, 5.74) is 2.91. The molecular weight excluding hydrogens is 265 g/mol. The summed E-state index contributed by atoms with van der Waals surface area (Å²) in [4.78, 5) is 4.55. The van der Waals surface area contributed by atoms with Gasteiger partial charge in [-0.15, -0.1) is 0 Å². The van der Waals surface area contributed by atoms with Gasteiger partial charge in [0.15, 0.2) is 0 Å². The fourth-order valence-electron chi connectivity index (χ4n) is 2.62. The Bertz CT molecular complexity index is 794. The Morgan fingerprint density at radius 3 is 2.33 bits per heavy atom. The average Bonchev–Trinajstić information content (AvgIpc) is 2.47. The van der Waals surface area contributed by atoms with Crippen LogP contribution < -0.4 is 0 Å². The summed E-state index contributed by atoms with van der Waals surface area (Å²) in [5, 5.41) is 11.6. The highest BCUT2D eigenvalue weighted by Crippen LogP contribution is 2.39. The monoisotopic (exact) mass is 281 g/mol. The summed E-state index contributed by atoms with van der Waals surface area (Å²) in [6, 6.07) is 13.8. The molecule has 0 bridgehead atoms. The van der Waals surface area contributed by atoms with Crippen LogP contribution in [0.15, 0.2) is 48.5 Å². The van der Waals surface area contributed by atoms with Crippen molar-refractivity contribution < 1.29 is 9.50 Å². The smallest absolute Gasteiger partial charge is 0.145 e. The van der Waals surface area contributed by atoms with E-state index < -0.39 is 0 Å². The van der Waals surface area contributed by atoms with Gasteiger partial charge in [0.1, 0.15) is 17.3 Å². The van der Waals surface area contributed by atoms with Gasteiger partial charge in [-0.25, -0.2) is 9.37 Å². The lowest BCUT2D eigenvalue weighted by Gasteiger charge is -2.15. The van der Waals surface area contributed by atoms with E-state index in [1.54, 1.807) is 12.1 Å². The summed E-state index contributed by atoms with van der Waals surface area (Å²) in [6.07, 6.45) is 0. The van der Waals surface area contributed by atoms with Crippen molar-refractivity contribution in [1.29, 1.82) is 0 Å². The first-order chi connectivity index (χ1) is 10.1. The maximum Gasteiger partial charge on any atom is 0.145 e. The Hall–Kier alpha value is -2.42. The highest BCUT2D eigenvalue weighted by molar-refractivity contribution is 5.89. The van der Waals surface area contributed by atoms with Crippen LogP contribution in [0.2, 0.25) is 0 Å². The number of nitrogens with zero attached hydrogens (tertiary/aromatic N) is 1. The molecule has 0 atom stereocenters. The molecule has 106 valence electrons. The number of benzene rings is 2. The molecule has 0 aliphatic carbocycles. The molecule has 1 aromatic heterocycles. The van der Waals surface area contributed by atoms with Crippen molar-refractivity contribution in [3.05, 3.63) is 59.9 Å². The molecule has 0 radical (unpaired) electrons. The minimum absolute atomic E-state index is 0.164. The molecule has 1 N–H and O–H groups in total. The predicted octanol–water partition coefficient (Wildman–Crippen LogP) is 4.87. The number of hydrogen-bond acceptors (Lipinski definition) is 2. The molecular formula is C18H16FNO. The van der Waals surface area contributed by atoms with Crippen LogP contribution in [-0.4, -0.2) is 10.1 Å². The first-order valence-corrected chi connectivity index (χ1v) is 6.95. The van der Waals surface area contributed by atoms with Gasteiger partial charge in [-0.2, -0.15) is 0 Å². The van der Waals surface area contributed by atoms with Crippen molar-refractivity contribution in [2.75, 3.05) is 0 Å². The fourth-order valence-corrected chi connectivity index (χ4v) is 2.62. The summed E-state index contributed by atoms with van der Waals surface area (Å²) in [6.45, 7) is 4.08. The van der Waals surface area contributed by atoms with Gasteiger partial charge in [-0.3, -0.25) is 0 Å². The van der Waals surface area contributed by atoms with Gasteiger partial charge in [0, 0.05) is 16.5 Å². The summed E-state index contributed by atoms with van der Waals surface area (Å²) in [7, 11) is 0. The molecule has 2 aromatic carbocycles. The second kappa shape index (κ2) is 5.17. The molecule has 0 unspecified atom stereocenters. The highest BCUT2D eigenvalue weighted by atomic mass is 19.1. The van der Waals surface area contributed by atoms with Crippen LogP contribution in [-0.2, 0) is 0 Å². The lowest BCUT2D eigenvalue weighted by molar-refractivity contribution is 0.466. The Kier molecular flexibility index (Phi) is 3.34. The van der Waals surface area contributed by atoms with Crippen LogP contribution in [0, 0.1) is 5.82 Å². The van der Waals surface area contributed by atoms with Crippen molar-refractivity contribution in [2.45, 2.75) is 19.8 Å². The van der Waals surface area contributed by atoms with Gasteiger partial charge < -0.3 is 5.11 Å². The Labute approximate surface area is 122 Å². The maximum atomic E-state index is 13.1. The van der Waals surface area contributed by atoms with E-state index in [4.69, 9.17) is 0 Å². The lowest BCUT2D eigenvalue weighted by Crippen LogP contribution is -1.96. The van der Waals surface area contributed by atoms with Crippen LogP contribution in [0.1, 0.15) is 25.3 Å². The molecule has 3 rings (SSSR count). The van der Waals surface area contributed by atoms with Crippen molar-refractivity contribution in [1.82, 2.24) is 4.98 Å². The third-order valence-corrected chi connectivity index (χ3v) is 3.60. The number of fused-ring (bicyclic) bond motifs is 1. The molecule has 0 amide bonds. The van der Waals surface area contributed by atoms with Gasteiger partial charge in [0.25, 0.3) is 0 Å². The number of aromatic nitrogens is 1. The van der Waals surface area contributed by atoms with Crippen molar-refractivity contribution in [3.63, 3.8) is 0 Å². The molecule has 0 spiro atoms. The van der Waals surface area contributed by atoms with E-state index >= 15 is 0 Å². The quantitative estimate of drug-likeness (QED) is 0.727. The standard InChI is InChI=1S/C18H16FNO/c1-11(2)16-14-5-3-4-6-15(14)20-17(18(16)21)12-7-9-13(19)10-8-12/h3-11,21H,1-2H3. The second-order valence-corrected chi connectivity index (χ2v) is 5.40. The van der Waals surface area contributed by atoms with Crippen LogP contribution in [0.3, 0.4) is 0 Å². The molecule has 0 saturated heterocycles. The van der Waals surface area contributed by atoms with Crippen LogP contribution in [0.25, 0.3) is 22.2 Å².